The summed E-state index contributed by atoms with van der Waals surface area (Å²) in [5.41, 5.74) is 5.67. The standard InChI is InChI=1S/C11H19N3O2/c12-8-9-2-1-5-13(9)6-7-14-10(15)3-4-11(14)16/h9H,1-8,12H2. The summed E-state index contributed by atoms with van der Waals surface area (Å²) in [5.74, 6) is -0.0398. The molecule has 2 aliphatic heterocycles. The summed E-state index contributed by atoms with van der Waals surface area (Å²) < 4.78 is 0. The van der Waals surface area contributed by atoms with Crippen LogP contribution in [0.2, 0.25) is 0 Å². The summed E-state index contributed by atoms with van der Waals surface area (Å²) >= 11 is 0. The van der Waals surface area contributed by atoms with E-state index in [1.807, 2.05) is 0 Å². The molecule has 0 aromatic heterocycles. The van der Waals surface area contributed by atoms with Crippen molar-refractivity contribution in [3.05, 3.63) is 0 Å². The Balaban J connectivity index is 1.82. The van der Waals surface area contributed by atoms with Crippen LogP contribution in [-0.4, -0.2) is 53.8 Å². The van der Waals surface area contributed by atoms with Crippen molar-refractivity contribution in [2.45, 2.75) is 31.7 Å². The number of likely N-dealkylation sites (tertiary alicyclic amines) is 2. The molecule has 2 saturated heterocycles. The van der Waals surface area contributed by atoms with E-state index in [0.717, 1.165) is 19.5 Å². The molecule has 2 fully saturated rings. The average Bonchev–Trinajstić information content (AvgIpc) is 2.84. The summed E-state index contributed by atoms with van der Waals surface area (Å²) in [6.07, 6.45) is 3.08. The first-order valence-corrected chi connectivity index (χ1v) is 5.99. The number of amides is 2. The zero-order valence-corrected chi connectivity index (χ0v) is 9.52. The fourth-order valence-electron chi connectivity index (χ4n) is 2.56. The molecule has 5 nitrogen and oxygen atoms in total. The van der Waals surface area contributed by atoms with Gasteiger partial charge in [-0.15, -0.1) is 0 Å². The van der Waals surface area contributed by atoms with Gasteiger partial charge >= 0.3 is 0 Å². The number of nitrogens with two attached hydrogens (primary N) is 1. The first kappa shape index (κ1) is 11.5. The van der Waals surface area contributed by atoms with Crippen molar-refractivity contribution >= 4 is 11.8 Å². The van der Waals surface area contributed by atoms with Crippen molar-refractivity contribution in [1.82, 2.24) is 9.80 Å². The number of imide groups is 1. The predicted molar refractivity (Wildman–Crippen MR) is 59.6 cm³/mol. The summed E-state index contributed by atoms with van der Waals surface area (Å²) in [7, 11) is 0. The number of nitrogens with zero attached hydrogens (tertiary/aromatic N) is 2. The minimum atomic E-state index is -0.0199. The molecule has 0 aliphatic carbocycles. The van der Waals surface area contributed by atoms with Gasteiger partial charge in [-0.2, -0.15) is 0 Å². The monoisotopic (exact) mass is 225 g/mol. The average molecular weight is 225 g/mol. The first-order chi connectivity index (χ1) is 7.72. The Labute approximate surface area is 95.6 Å². The molecule has 0 spiro atoms. The molecule has 2 N–H and O–H groups in total. The third kappa shape index (κ3) is 2.25. The lowest BCUT2D eigenvalue weighted by Crippen LogP contribution is -2.42. The van der Waals surface area contributed by atoms with Gasteiger partial charge in [-0.25, -0.2) is 0 Å². The Kier molecular flexibility index (Phi) is 3.56. The Morgan fingerprint density at radius 3 is 2.50 bits per heavy atom. The smallest absolute Gasteiger partial charge is 0.229 e. The van der Waals surface area contributed by atoms with Gasteiger partial charge in [0.05, 0.1) is 0 Å². The fourth-order valence-corrected chi connectivity index (χ4v) is 2.56. The molecule has 0 aromatic rings. The Morgan fingerprint density at radius 1 is 1.19 bits per heavy atom. The highest BCUT2D eigenvalue weighted by atomic mass is 16.2. The summed E-state index contributed by atoms with van der Waals surface area (Å²) in [4.78, 5) is 26.5. The van der Waals surface area contributed by atoms with E-state index in [2.05, 4.69) is 4.90 Å². The molecule has 5 heteroatoms. The number of carbonyl (C=O) groups is 2. The topological polar surface area (TPSA) is 66.6 Å². The maximum Gasteiger partial charge on any atom is 0.229 e. The lowest BCUT2D eigenvalue weighted by atomic mass is 10.2. The molecule has 0 aromatic carbocycles. The van der Waals surface area contributed by atoms with Gasteiger partial charge in [-0.05, 0) is 19.4 Å². The molecule has 90 valence electrons. The zero-order chi connectivity index (χ0) is 11.5. The van der Waals surface area contributed by atoms with Gasteiger partial charge in [0.25, 0.3) is 0 Å². The lowest BCUT2D eigenvalue weighted by Gasteiger charge is -2.25. The third-order valence-corrected chi connectivity index (χ3v) is 3.54. The Hall–Kier alpha value is -0.940. The van der Waals surface area contributed by atoms with Crippen LogP contribution in [0.5, 0.6) is 0 Å². The largest absolute Gasteiger partial charge is 0.329 e. The molecule has 1 atom stereocenters. The summed E-state index contributed by atoms with van der Waals surface area (Å²) in [5, 5.41) is 0. The molecule has 2 amide bonds. The van der Waals surface area contributed by atoms with Crippen molar-refractivity contribution < 1.29 is 9.59 Å². The zero-order valence-electron chi connectivity index (χ0n) is 9.52. The predicted octanol–water partition coefficient (Wildman–Crippen LogP) is -0.441. The van der Waals surface area contributed by atoms with Crippen LogP contribution >= 0.6 is 0 Å². The molecular weight excluding hydrogens is 206 g/mol. The van der Waals surface area contributed by atoms with E-state index in [-0.39, 0.29) is 11.8 Å². The number of rotatable bonds is 4. The molecule has 2 rings (SSSR count). The summed E-state index contributed by atoms with van der Waals surface area (Å²) in [6.45, 7) is 3.02. The van der Waals surface area contributed by atoms with E-state index < -0.39 is 0 Å². The lowest BCUT2D eigenvalue weighted by molar-refractivity contribution is -0.138. The Morgan fingerprint density at radius 2 is 1.88 bits per heavy atom. The van der Waals surface area contributed by atoms with Crippen LogP contribution in [0.15, 0.2) is 0 Å². The Bertz CT molecular complexity index is 277. The SMILES string of the molecule is NCC1CCCN1CCN1C(=O)CCC1=O. The molecule has 0 saturated carbocycles. The van der Waals surface area contributed by atoms with Crippen molar-refractivity contribution in [3.8, 4) is 0 Å². The molecule has 2 aliphatic rings. The van der Waals surface area contributed by atoms with E-state index in [1.54, 1.807) is 0 Å². The van der Waals surface area contributed by atoms with E-state index in [4.69, 9.17) is 5.73 Å². The van der Waals surface area contributed by atoms with Crippen molar-refractivity contribution in [2.24, 2.45) is 5.73 Å². The first-order valence-electron chi connectivity index (χ1n) is 5.99. The molecule has 16 heavy (non-hydrogen) atoms. The summed E-state index contributed by atoms with van der Waals surface area (Å²) in [6, 6.07) is 0.438. The van der Waals surface area contributed by atoms with E-state index in [1.165, 1.54) is 11.3 Å². The van der Waals surface area contributed by atoms with Gasteiger partial charge in [-0.3, -0.25) is 19.4 Å². The van der Waals surface area contributed by atoms with Crippen LogP contribution in [0, 0.1) is 0 Å². The normalized spacial score (nSPS) is 27.1. The van der Waals surface area contributed by atoms with Crippen molar-refractivity contribution in [1.29, 1.82) is 0 Å². The van der Waals surface area contributed by atoms with Gasteiger partial charge in [-0.1, -0.05) is 0 Å². The van der Waals surface area contributed by atoms with Crippen molar-refractivity contribution in [3.63, 3.8) is 0 Å². The third-order valence-electron chi connectivity index (χ3n) is 3.54. The van der Waals surface area contributed by atoms with Crippen LogP contribution < -0.4 is 5.73 Å². The maximum absolute atomic E-state index is 11.4. The van der Waals surface area contributed by atoms with Gasteiger partial charge in [0.15, 0.2) is 0 Å². The van der Waals surface area contributed by atoms with E-state index in [0.29, 0.717) is 32.0 Å². The minimum absolute atomic E-state index is 0.0199. The minimum Gasteiger partial charge on any atom is -0.329 e. The van der Waals surface area contributed by atoms with Gasteiger partial charge < -0.3 is 5.73 Å². The van der Waals surface area contributed by atoms with Crippen LogP contribution in [0.3, 0.4) is 0 Å². The van der Waals surface area contributed by atoms with Gasteiger partial charge in [0.1, 0.15) is 0 Å². The van der Waals surface area contributed by atoms with Gasteiger partial charge in [0, 0.05) is 38.5 Å². The second-order valence-electron chi connectivity index (χ2n) is 4.51. The molecule has 0 bridgehead atoms. The van der Waals surface area contributed by atoms with E-state index >= 15 is 0 Å². The van der Waals surface area contributed by atoms with E-state index in [9.17, 15) is 9.59 Å². The second-order valence-corrected chi connectivity index (χ2v) is 4.51. The number of carbonyl (C=O) groups excluding carboxylic acids is 2. The highest BCUT2D eigenvalue weighted by Crippen LogP contribution is 2.17. The fraction of sp³-hybridized carbons (Fsp3) is 0.818. The van der Waals surface area contributed by atoms with Crippen LogP contribution in [0.1, 0.15) is 25.7 Å². The number of hydrogen-bond donors (Lipinski definition) is 1. The van der Waals surface area contributed by atoms with Crippen LogP contribution in [0.25, 0.3) is 0 Å². The molecule has 0 radical (unpaired) electrons. The second kappa shape index (κ2) is 4.93. The molecule has 1 unspecified atom stereocenters. The van der Waals surface area contributed by atoms with Crippen LogP contribution in [0.4, 0.5) is 0 Å². The maximum atomic E-state index is 11.4. The molecular formula is C11H19N3O2. The highest BCUT2D eigenvalue weighted by molar-refractivity contribution is 6.01. The highest BCUT2D eigenvalue weighted by Gasteiger charge is 2.30. The molecule has 2 heterocycles. The number of hydrogen-bond acceptors (Lipinski definition) is 4. The quantitative estimate of drug-likeness (QED) is 0.659. The van der Waals surface area contributed by atoms with Gasteiger partial charge in [0.2, 0.25) is 11.8 Å². The van der Waals surface area contributed by atoms with Crippen LogP contribution in [-0.2, 0) is 9.59 Å². The van der Waals surface area contributed by atoms with Crippen molar-refractivity contribution in [2.75, 3.05) is 26.2 Å².